The molecule has 0 radical (unpaired) electrons. The largest absolute Gasteiger partial charge is 0.351 e. The number of nitrogen functional groups attached to an aromatic ring is 1. The highest BCUT2D eigenvalue weighted by atomic mass is 16.6. The van der Waals surface area contributed by atoms with E-state index in [0.717, 1.165) is 0 Å². The molecule has 0 unspecified atom stereocenters. The average molecular weight is 206 g/mol. The van der Waals surface area contributed by atoms with Crippen LogP contribution in [-0.2, 0) is 0 Å². The van der Waals surface area contributed by atoms with Gasteiger partial charge in [0.1, 0.15) is 0 Å². The molecule has 2 N–H and O–H groups in total. The molecule has 2 aromatic rings. The average Bonchev–Trinajstić information content (AvgIpc) is 2.65. The number of rotatable bonds is 2. The Balaban J connectivity index is 2.45. The quantitative estimate of drug-likeness (QED) is 0.584. The van der Waals surface area contributed by atoms with Crippen molar-refractivity contribution in [3.63, 3.8) is 0 Å². The number of nitro groups is 1. The fraction of sp³-hybridized carbons (Fsp3) is 0. The number of nitrogens with zero attached hydrogens (tertiary/aromatic N) is 3. The first kappa shape index (κ1) is 9.13. The molecule has 1 aromatic heterocycles. The maximum absolute atomic E-state index is 10.5. The van der Waals surface area contributed by atoms with Crippen LogP contribution in [0.15, 0.2) is 28.8 Å². The fourth-order valence-electron chi connectivity index (χ4n) is 1.11. The number of hydrogen-bond donors (Lipinski definition) is 1. The van der Waals surface area contributed by atoms with Gasteiger partial charge in [0.15, 0.2) is 0 Å². The number of non-ortho nitro benzene ring substituents is 1. The predicted molar refractivity (Wildman–Crippen MR) is 50.8 cm³/mol. The van der Waals surface area contributed by atoms with Crippen LogP contribution in [0, 0.1) is 10.1 Å². The summed E-state index contributed by atoms with van der Waals surface area (Å²) < 4.78 is 4.57. The highest BCUT2D eigenvalue weighted by Crippen LogP contribution is 2.21. The Hall–Kier alpha value is -2.44. The van der Waals surface area contributed by atoms with E-state index >= 15 is 0 Å². The van der Waals surface area contributed by atoms with Crippen LogP contribution in [0.2, 0.25) is 0 Å². The second-order valence-electron chi connectivity index (χ2n) is 2.76. The van der Waals surface area contributed by atoms with Crippen molar-refractivity contribution in [2.45, 2.75) is 0 Å². The van der Waals surface area contributed by atoms with E-state index in [0.29, 0.717) is 5.56 Å². The smallest absolute Gasteiger partial charge is 0.319 e. The Labute approximate surface area is 83.7 Å². The number of nitrogens with two attached hydrogens (primary N) is 1. The minimum absolute atomic E-state index is 0.0316. The van der Waals surface area contributed by atoms with Crippen LogP contribution in [-0.4, -0.2) is 15.1 Å². The van der Waals surface area contributed by atoms with Gasteiger partial charge in [-0.3, -0.25) is 10.1 Å². The summed E-state index contributed by atoms with van der Waals surface area (Å²) in [6.07, 6.45) is 0. The third-order valence-electron chi connectivity index (χ3n) is 1.76. The van der Waals surface area contributed by atoms with Gasteiger partial charge >= 0.3 is 6.01 Å². The van der Waals surface area contributed by atoms with Crippen molar-refractivity contribution in [3.8, 4) is 11.4 Å². The highest BCUT2D eigenvalue weighted by molar-refractivity contribution is 5.59. The monoisotopic (exact) mass is 206 g/mol. The summed E-state index contributed by atoms with van der Waals surface area (Å²) in [5.41, 5.74) is 5.70. The lowest BCUT2D eigenvalue weighted by Crippen LogP contribution is -1.89. The summed E-state index contributed by atoms with van der Waals surface area (Å²) >= 11 is 0. The molecular weight excluding hydrogens is 200 g/mol. The van der Waals surface area contributed by atoms with Crippen molar-refractivity contribution in [1.82, 2.24) is 10.1 Å². The van der Waals surface area contributed by atoms with Crippen molar-refractivity contribution in [2.24, 2.45) is 0 Å². The lowest BCUT2D eigenvalue weighted by Gasteiger charge is -1.93. The van der Waals surface area contributed by atoms with E-state index < -0.39 is 4.92 Å². The van der Waals surface area contributed by atoms with Gasteiger partial charge in [0, 0.05) is 17.7 Å². The van der Waals surface area contributed by atoms with Gasteiger partial charge in [-0.25, -0.2) is 0 Å². The molecule has 0 aliphatic carbocycles. The minimum atomic E-state index is -0.493. The Morgan fingerprint density at radius 3 is 2.87 bits per heavy atom. The standard InChI is InChI=1S/C8H6N4O3/c9-8-10-7(11-15-8)5-2-1-3-6(4-5)12(13)14/h1-4H,(H2,9,10,11). The Morgan fingerprint density at radius 2 is 2.27 bits per heavy atom. The predicted octanol–water partition coefficient (Wildman–Crippen LogP) is 1.23. The Bertz CT molecular complexity index is 508. The molecule has 0 fully saturated rings. The molecule has 0 amide bonds. The van der Waals surface area contributed by atoms with Gasteiger partial charge in [0.25, 0.3) is 5.69 Å². The molecule has 0 bridgehead atoms. The van der Waals surface area contributed by atoms with Crippen LogP contribution in [0.3, 0.4) is 0 Å². The van der Waals surface area contributed by atoms with E-state index in [2.05, 4.69) is 14.7 Å². The summed E-state index contributed by atoms with van der Waals surface area (Å²) in [5.74, 6) is 0.233. The number of nitro benzene ring substituents is 1. The fourth-order valence-corrected chi connectivity index (χ4v) is 1.11. The van der Waals surface area contributed by atoms with Crippen molar-refractivity contribution in [2.75, 3.05) is 5.73 Å². The Kier molecular flexibility index (Phi) is 2.05. The lowest BCUT2D eigenvalue weighted by molar-refractivity contribution is -0.384. The zero-order valence-corrected chi connectivity index (χ0v) is 7.45. The molecule has 2 rings (SSSR count). The van der Waals surface area contributed by atoms with Gasteiger partial charge in [0.2, 0.25) is 5.82 Å². The normalized spacial score (nSPS) is 10.1. The van der Waals surface area contributed by atoms with Gasteiger partial charge in [-0.15, -0.1) is 0 Å². The summed E-state index contributed by atoms with van der Waals surface area (Å²) in [6.45, 7) is 0. The molecule has 1 aromatic carbocycles. The third kappa shape index (κ3) is 1.75. The first-order chi connectivity index (χ1) is 7.16. The van der Waals surface area contributed by atoms with E-state index in [1.165, 1.54) is 12.1 Å². The maximum Gasteiger partial charge on any atom is 0.319 e. The number of anilines is 1. The second-order valence-corrected chi connectivity index (χ2v) is 2.76. The summed E-state index contributed by atoms with van der Waals surface area (Å²) in [5, 5.41) is 14.1. The molecule has 0 saturated carbocycles. The zero-order valence-electron chi connectivity index (χ0n) is 7.45. The van der Waals surface area contributed by atoms with E-state index in [9.17, 15) is 10.1 Å². The van der Waals surface area contributed by atoms with E-state index in [1.807, 2.05) is 0 Å². The van der Waals surface area contributed by atoms with Crippen molar-refractivity contribution < 1.29 is 9.45 Å². The van der Waals surface area contributed by atoms with Gasteiger partial charge in [-0.05, 0) is 0 Å². The lowest BCUT2D eigenvalue weighted by atomic mass is 10.2. The van der Waals surface area contributed by atoms with Crippen LogP contribution < -0.4 is 5.73 Å². The summed E-state index contributed by atoms with van der Waals surface area (Å²) in [6, 6.07) is 5.84. The molecule has 7 nitrogen and oxygen atoms in total. The van der Waals surface area contributed by atoms with Crippen LogP contribution >= 0.6 is 0 Å². The van der Waals surface area contributed by atoms with Crippen LogP contribution in [0.5, 0.6) is 0 Å². The highest BCUT2D eigenvalue weighted by Gasteiger charge is 2.10. The molecular formula is C8H6N4O3. The van der Waals surface area contributed by atoms with Crippen molar-refractivity contribution in [3.05, 3.63) is 34.4 Å². The molecule has 0 spiro atoms. The molecule has 1 heterocycles. The van der Waals surface area contributed by atoms with Crippen molar-refractivity contribution >= 4 is 11.7 Å². The Morgan fingerprint density at radius 1 is 1.47 bits per heavy atom. The topological polar surface area (TPSA) is 108 Å². The van der Waals surface area contributed by atoms with Gasteiger partial charge < -0.3 is 10.3 Å². The SMILES string of the molecule is Nc1nc(-c2cccc([N+](=O)[O-])c2)no1. The van der Waals surface area contributed by atoms with E-state index in [1.54, 1.807) is 12.1 Å². The number of hydrogen-bond acceptors (Lipinski definition) is 6. The van der Waals surface area contributed by atoms with E-state index in [4.69, 9.17) is 5.73 Å². The number of aromatic nitrogens is 2. The van der Waals surface area contributed by atoms with Crippen molar-refractivity contribution in [1.29, 1.82) is 0 Å². The van der Waals surface area contributed by atoms with Crippen LogP contribution in [0.1, 0.15) is 0 Å². The molecule has 0 atom stereocenters. The van der Waals surface area contributed by atoms with Crippen LogP contribution in [0.4, 0.5) is 11.7 Å². The summed E-state index contributed by atoms with van der Waals surface area (Å²) in [4.78, 5) is 13.8. The molecule has 0 aliphatic heterocycles. The first-order valence-electron chi connectivity index (χ1n) is 4.01. The molecule has 76 valence electrons. The number of benzene rings is 1. The van der Waals surface area contributed by atoms with Gasteiger partial charge in [-0.1, -0.05) is 17.3 Å². The second kappa shape index (κ2) is 3.37. The minimum Gasteiger partial charge on any atom is -0.351 e. The molecule has 7 heteroatoms. The van der Waals surface area contributed by atoms with E-state index in [-0.39, 0.29) is 17.5 Å². The zero-order chi connectivity index (χ0) is 10.8. The maximum atomic E-state index is 10.5. The van der Waals surface area contributed by atoms with Gasteiger partial charge in [-0.2, -0.15) is 4.98 Å². The van der Waals surface area contributed by atoms with Gasteiger partial charge in [0.05, 0.1) is 4.92 Å². The summed E-state index contributed by atoms with van der Waals surface area (Å²) in [7, 11) is 0. The molecule has 0 saturated heterocycles. The third-order valence-corrected chi connectivity index (χ3v) is 1.76. The molecule has 15 heavy (non-hydrogen) atoms. The van der Waals surface area contributed by atoms with Crippen LogP contribution in [0.25, 0.3) is 11.4 Å². The first-order valence-corrected chi connectivity index (χ1v) is 4.01. The molecule has 0 aliphatic rings.